The number of halogens is 2. The van der Waals surface area contributed by atoms with Gasteiger partial charge in [-0.25, -0.2) is 4.39 Å². The van der Waals surface area contributed by atoms with Crippen LogP contribution in [0.2, 0.25) is 0 Å². The first kappa shape index (κ1) is 8.37. The third-order valence-corrected chi connectivity index (χ3v) is 2.09. The van der Waals surface area contributed by atoms with Crippen LogP contribution in [0.3, 0.4) is 0 Å². The molecular weight excluding hydrogens is 239 g/mol. The summed E-state index contributed by atoms with van der Waals surface area (Å²) in [5, 5.41) is 0.245. The predicted octanol–water partition coefficient (Wildman–Crippen LogP) is 1.82. The van der Waals surface area contributed by atoms with Crippen molar-refractivity contribution in [3.8, 4) is 0 Å². The van der Waals surface area contributed by atoms with E-state index >= 15 is 0 Å². The quantitative estimate of drug-likeness (QED) is 0.767. The maximum absolute atomic E-state index is 13.0. The average Bonchev–Trinajstić information content (AvgIpc) is 2.12. The summed E-state index contributed by atoms with van der Waals surface area (Å²) in [7, 11) is 0. The number of hydrogen-bond acceptors (Lipinski definition) is 2. The Labute approximate surface area is 80.7 Å². The smallest absolute Gasteiger partial charge is 0.257 e. The van der Waals surface area contributed by atoms with Crippen LogP contribution in [0.4, 0.5) is 4.39 Å². The van der Waals surface area contributed by atoms with Crippen molar-refractivity contribution in [1.82, 2.24) is 9.97 Å². The Morgan fingerprint density at radius 3 is 3.08 bits per heavy atom. The summed E-state index contributed by atoms with van der Waals surface area (Å²) in [4.78, 5) is 17.3. The van der Waals surface area contributed by atoms with Crippen molar-refractivity contribution in [2.24, 2.45) is 0 Å². The minimum Gasteiger partial charge on any atom is -0.326 e. The largest absolute Gasteiger partial charge is 0.326 e. The molecule has 0 unspecified atom stereocenters. The van der Waals surface area contributed by atoms with Crippen molar-refractivity contribution in [2.45, 2.75) is 0 Å². The maximum atomic E-state index is 13.0. The Hall–Kier alpha value is -1.23. The van der Waals surface area contributed by atoms with Crippen LogP contribution >= 0.6 is 15.9 Å². The highest BCUT2D eigenvalue weighted by Gasteiger charge is 2.05. The monoisotopic (exact) mass is 242 g/mol. The highest BCUT2D eigenvalue weighted by molar-refractivity contribution is 9.10. The van der Waals surface area contributed by atoms with Crippen molar-refractivity contribution < 1.29 is 4.39 Å². The Morgan fingerprint density at radius 1 is 1.54 bits per heavy atom. The van der Waals surface area contributed by atoms with Crippen molar-refractivity contribution in [3.63, 3.8) is 0 Å². The van der Waals surface area contributed by atoms with Gasteiger partial charge in [0.05, 0.1) is 5.39 Å². The third kappa shape index (κ3) is 1.35. The molecule has 0 fully saturated rings. The molecule has 2 heterocycles. The number of aromatic nitrogens is 2. The molecule has 0 aliphatic rings. The van der Waals surface area contributed by atoms with E-state index in [-0.39, 0.29) is 16.5 Å². The zero-order valence-corrected chi connectivity index (χ0v) is 7.93. The zero-order chi connectivity index (χ0) is 9.42. The van der Waals surface area contributed by atoms with Gasteiger partial charge in [-0.15, -0.1) is 0 Å². The average molecular weight is 243 g/mol. The molecule has 0 aliphatic carbocycles. The molecular formula is C8H4BrFN2O. The lowest BCUT2D eigenvalue weighted by molar-refractivity contribution is 0.630. The number of hydrogen-bond donors (Lipinski definition) is 1. The number of nitrogens with zero attached hydrogens (tertiary/aromatic N) is 1. The van der Waals surface area contributed by atoms with Gasteiger partial charge >= 0.3 is 0 Å². The SMILES string of the molecule is O=c1[nH]cc(F)c2ncc(Br)cc12. The van der Waals surface area contributed by atoms with E-state index < -0.39 is 5.82 Å². The molecule has 0 amide bonds. The van der Waals surface area contributed by atoms with Gasteiger partial charge in [-0.05, 0) is 22.0 Å². The Kier molecular flexibility index (Phi) is 1.88. The zero-order valence-electron chi connectivity index (χ0n) is 6.34. The van der Waals surface area contributed by atoms with Gasteiger partial charge in [0.25, 0.3) is 5.56 Å². The molecule has 0 spiro atoms. The molecule has 0 radical (unpaired) electrons. The number of rotatable bonds is 0. The molecule has 2 rings (SSSR count). The van der Waals surface area contributed by atoms with Gasteiger partial charge in [-0.2, -0.15) is 0 Å². The highest BCUT2D eigenvalue weighted by Crippen LogP contribution is 2.15. The lowest BCUT2D eigenvalue weighted by Crippen LogP contribution is -2.07. The lowest BCUT2D eigenvalue weighted by atomic mass is 10.3. The molecule has 13 heavy (non-hydrogen) atoms. The summed E-state index contributed by atoms with van der Waals surface area (Å²) in [6.45, 7) is 0. The Balaban J connectivity index is 3.01. The minimum absolute atomic E-state index is 0.0898. The molecule has 0 saturated carbocycles. The van der Waals surface area contributed by atoms with Crippen LogP contribution < -0.4 is 5.56 Å². The van der Waals surface area contributed by atoms with Gasteiger partial charge in [0.15, 0.2) is 5.82 Å². The summed E-state index contributed by atoms with van der Waals surface area (Å²) < 4.78 is 13.7. The van der Waals surface area contributed by atoms with E-state index in [0.29, 0.717) is 4.47 Å². The second-order valence-electron chi connectivity index (χ2n) is 2.52. The molecule has 5 heteroatoms. The van der Waals surface area contributed by atoms with Gasteiger partial charge in [0.1, 0.15) is 5.52 Å². The third-order valence-electron chi connectivity index (χ3n) is 1.66. The molecule has 3 nitrogen and oxygen atoms in total. The number of fused-ring (bicyclic) bond motifs is 1. The van der Waals surface area contributed by atoms with Gasteiger partial charge in [0.2, 0.25) is 0 Å². The summed E-state index contributed by atoms with van der Waals surface area (Å²) in [6.07, 6.45) is 2.45. The van der Waals surface area contributed by atoms with Crippen LogP contribution in [0.1, 0.15) is 0 Å². The van der Waals surface area contributed by atoms with E-state index in [1.165, 1.54) is 12.3 Å². The van der Waals surface area contributed by atoms with Gasteiger partial charge in [-0.1, -0.05) is 0 Å². The van der Waals surface area contributed by atoms with Gasteiger partial charge < -0.3 is 4.98 Å². The van der Waals surface area contributed by atoms with E-state index in [9.17, 15) is 9.18 Å². The molecule has 2 aromatic rings. The fourth-order valence-electron chi connectivity index (χ4n) is 1.08. The van der Waals surface area contributed by atoms with E-state index in [1.807, 2.05) is 0 Å². The predicted molar refractivity (Wildman–Crippen MR) is 50.0 cm³/mol. The minimum atomic E-state index is -0.526. The molecule has 0 aromatic carbocycles. The Bertz CT molecular complexity index is 523. The van der Waals surface area contributed by atoms with E-state index in [0.717, 1.165) is 6.20 Å². The van der Waals surface area contributed by atoms with Crippen molar-refractivity contribution in [1.29, 1.82) is 0 Å². The fourth-order valence-corrected chi connectivity index (χ4v) is 1.41. The molecule has 0 saturated heterocycles. The number of H-pyrrole nitrogens is 1. The van der Waals surface area contributed by atoms with Crippen LogP contribution in [0.25, 0.3) is 10.9 Å². The number of nitrogens with one attached hydrogen (secondary N) is 1. The fraction of sp³-hybridized carbons (Fsp3) is 0. The summed E-state index contributed by atoms with van der Waals surface area (Å²) >= 11 is 3.15. The van der Waals surface area contributed by atoms with Gasteiger partial charge in [-0.3, -0.25) is 9.78 Å². The van der Waals surface area contributed by atoms with Crippen LogP contribution in [0.15, 0.2) is 27.7 Å². The first-order valence-corrected chi connectivity index (χ1v) is 4.30. The summed E-state index contributed by atoms with van der Waals surface area (Å²) in [6, 6.07) is 1.53. The van der Waals surface area contributed by atoms with Gasteiger partial charge in [0, 0.05) is 16.9 Å². The topological polar surface area (TPSA) is 45.8 Å². The number of aromatic amines is 1. The first-order valence-electron chi connectivity index (χ1n) is 3.51. The van der Waals surface area contributed by atoms with Crippen molar-refractivity contribution in [3.05, 3.63) is 39.1 Å². The second-order valence-corrected chi connectivity index (χ2v) is 3.43. The van der Waals surface area contributed by atoms with Crippen LogP contribution in [0, 0.1) is 5.82 Å². The standard InChI is InChI=1S/C8H4BrFN2O/c9-4-1-5-7(11-2-4)6(10)3-12-8(5)13/h1-3H,(H,12,13). The summed E-state index contributed by atoms with van der Waals surface area (Å²) in [5.74, 6) is -0.526. The number of pyridine rings is 2. The van der Waals surface area contributed by atoms with Crippen LogP contribution in [0.5, 0.6) is 0 Å². The molecule has 0 bridgehead atoms. The summed E-state index contributed by atoms with van der Waals surface area (Å²) in [5.41, 5.74) is -0.253. The van der Waals surface area contributed by atoms with E-state index in [1.54, 1.807) is 0 Å². The maximum Gasteiger partial charge on any atom is 0.257 e. The first-order chi connectivity index (χ1) is 6.18. The Morgan fingerprint density at radius 2 is 2.31 bits per heavy atom. The van der Waals surface area contributed by atoms with E-state index in [2.05, 4.69) is 25.9 Å². The molecule has 66 valence electrons. The van der Waals surface area contributed by atoms with Crippen LogP contribution in [-0.2, 0) is 0 Å². The molecule has 0 atom stereocenters. The molecule has 2 aromatic heterocycles. The molecule has 0 aliphatic heterocycles. The highest BCUT2D eigenvalue weighted by atomic mass is 79.9. The van der Waals surface area contributed by atoms with Crippen molar-refractivity contribution >= 4 is 26.8 Å². The normalized spacial score (nSPS) is 10.6. The molecule has 1 N–H and O–H groups in total. The van der Waals surface area contributed by atoms with Crippen LogP contribution in [-0.4, -0.2) is 9.97 Å². The van der Waals surface area contributed by atoms with Crippen molar-refractivity contribution in [2.75, 3.05) is 0 Å². The van der Waals surface area contributed by atoms with E-state index in [4.69, 9.17) is 0 Å². The second kappa shape index (κ2) is 2.92. The lowest BCUT2D eigenvalue weighted by Gasteiger charge is -1.97.